The molecule has 4 N–H and O–H groups in total. The van der Waals surface area contributed by atoms with E-state index >= 15 is 0 Å². The second kappa shape index (κ2) is 9.14. The molecule has 6 heteroatoms. The monoisotopic (exact) mass is 412 g/mol. The normalized spacial score (nSPS) is 22.7. The number of rotatable bonds is 7. The summed E-state index contributed by atoms with van der Waals surface area (Å²) in [6.45, 7) is 4.29. The van der Waals surface area contributed by atoms with Crippen LogP contribution in [-0.2, 0) is 12.8 Å². The van der Waals surface area contributed by atoms with Gasteiger partial charge in [-0.2, -0.15) is 0 Å². The molecule has 0 aromatic heterocycles. The van der Waals surface area contributed by atoms with Gasteiger partial charge in [-0.25, -0.2) is 0 Å². The number of benzene rings is 2. The lowest BCUT2D eigenvalue weighted by Gasteiger charge is -2.30. The number of likely N-dealkylation sites (tertiary alicyclic amines) is 2. The first-order valence-electron chi connectivity index (χ1n) is 11.0. The number of nitrogens with zero attached hydrogens (tertiary/aromatic N) is 2. The third-order valence-electron chi connectivity index (χ3n) is 6.69. The minimum atomic E-state index is -0.0657. The molecule has 162 valence electrons. The minimum Gasteiger partial charge on any atom is -0.504 e. The third-order valence-corrected chi connectivity index (χ3v) is 6.69. The van der Waals surface area contributed by atoms with Crippen molar-refractivity contribution < 1.29 is 20.4 Å². The minimum absolute atomic E-state index is 0.0442. The van der Waals surface area contributed by atoms with E-state index in [1.807, 2.05) is 12.1 Å². The summed E-state index contributed by atoms with van der Waals surface area (Å²) in [4.78, 5) is 5.12. The molecule has 0 saturated carbocycles. The molecular weight excluding hydrogens is 380 g/mol. The van der Waals surface area contributed by atoms with E-state index in [1.54, 1.807) is 24.3 Å². The Morgan fingerprint density at radius 2 is 1.07 bits per heavy atom. The summed E-state index contributed by atoms with van der Waals surface area (Å²) in [6, 6.07) is 11.2. The number of phenols is 4. The fraction of sp³-hybridized carbons (Fsp3) is 0.500. The third kappa shape index (κ3) is 4.82. The Bertz CT molecular complexity index is 801. The summed E-state index contributed by atoms with van der Waals surface area (Å²) in [7, 11) is 0. The standard InChI is InChI=1S/C24H32N2O4/c27-21-7-5-17(15-23(21)29)13-19-3-1-9-25(19)11-12-26-10-2-4-20(26)14-18-6-8-22(28)24(30)16-18/h5-8,15-16,19-20,27-30H,1-4,9-14H2. The molecule has 0 aliphatic carbocycles. The molecule has 2 aromatic rings. The van der Waals surface area contributed by atoms with Gasteiger partial charge < -0.3 is 20.4 Å². The summed E-state index contributed by atoms with van der Waals surface area (Å²) >= 11 is 0. The van der Waals surface area contributed by atoms with Gasteiger partial charge in [0.15, 0.2) is 23.0 Å². The van der Waals surface area contributed by atoms with Gasteiger partial charge in [-0.05, 0) is 87.0 Å². The molecule has 0 amide bonds. The predicted molar refractivity (Wildman–Crippen MR) is 116 cm³/mol. The molecule has 2 aliphatic heterocycles. The van der Waals surface area contributed by atoms with Crippen molar-refractivity contribution in [3.8, 4) is 23.0 Å². The molecule has 30 heavy (non-hydrogen) atoms. The summed E-state index contributed by atoms with van der Waals surface area (Å²) in [6.07, 6.45) is 6.51. The summed E-state index contributed by atoms with van der Waals surface area (Å²) in [5.74, 6) is -0.220. The highest BCUT2D eigenvalue weighted by Gasteiger charge is 2.28. The Labute approximate surface area is 178 Å². The van der Waals surface area contributed by atoms with Gasteiger partial charge in [0.05, 0.1) is 0 Å². The van der Waals surface area contributed by atoms with E-state index in [2.05, 4.69) is 9.80 Å². The molecule has 2 aromatic carbocycles. The molecule has 4 rings (SSSR count). The van der Waals surface area contributed by atoms with Crippen LogP contribution in [0.1, 0.15) is 36.8 Å². The Balaban J connectivity index is 1.32. The average molecular weight is 413 g/mol. The first kappa shape index (κ1) is 20.8. The van der Waals surface area contributed by atoms with E-state index < -0.39 is 0 Å². The predicted octanol–water partition coefficient (Wildman–Crippen LogP) is 3.22. The molecule has 2 heterocycles. The molecule has 2 atom stereocenters. The van der Waals surface area contributed by atoms with Crippen molar-refractivity contribution in [1.82, 2.24) is 9.80 Å². The Morgan fingerprint density at radius 3 is 1.47 bits per heavy atom. The molecule has 2 unspecified atom stereocenters. The molecule has 2 saturated heterocycles. The van der Waals surface area contributed by atoms with E-state index in [0.29, 0.717) is 12.1 Å². The number of hydrogen-bond donors (Lipinski definition) is 4. The number of phenolic OH excluding ortho intramolecular Hbond substituents is 4. The largest absolute Gasteiger partial charge is 0.504 e. The van der Waals surface area contributed by atoms with E-state index in [4.69, 9.17) is 0 Å². The molecule has 0 spiro atoms. The van der Waals surface area contributed by atoms with Crippen LogP contribution in [0.3, 0.4) is 0 Å². The second-order valence-corrected chi connectivity index (χ2v) is 8.72. The highest BCUT2D eigenvalue weighted by Crippen LogP contribution is 2.30. The van der Waals surface area contributed by atoms with Crippen LogP contribution in [0.5, 0.6) is 23.0 Å². The molecular formula is C24H32N2O4. The van der Waals surface area contributed by atoms with E-state index in [1.165, 1.54) is 12.8 Å². The van der Waals surface area contributed by atoms with Crippen LogP contribution >= 0.6 is 0 Å². The van der Waals surface area contributed by atoms with Gasteiger partial charge in [-0.3, -0.25) is 9.80 Å². The van der Waals surface area contributed by atoms with Gasteiger partial charge in [0.25, 0.3) is 0 Å². The first-order chi connectivity index (χ1) is 14.5. The lowest BCUT2D eigenvalue weighted by Crippen LogP contribution is -2.41. The molecule has 0 bridgehead atoms. The van der Waals surface area contributed by atoms with Crippen molar-refractivity contribution in [3.05, 3.63) is 47.5 Å². The van der Waals surface area contributed by atoms with Crippen LogP contribution in [0, 0.1) is 0 Å². The van der Waals surface area contributed by atoms with Gasteiger partial charge in [0.2, 0.25) is 0 Å². The van der Waals surface area contributed by atoms with Gasteiger partial charge in [-0.15, -0.1) is 0 Å². The van der Waals surface area contributed by atoms with Gasteiger partial charge in [-0.1, -0.05) is 12.1 Å². The van der Waals surface area contributed by atoms with Crippen molar-refractivity contribution >= 4 is 0 Å². The zero-order chi connectivity index (χ0) is 21.1. The van der Waals surface area contributed by atoms with Crippen molar-refractivity contribution in [1.29, 1.82) is 0 Å². The van der Waals surface area contributed by atoms with Crippen molar-refractivity contribution in [3.63, 3.8) is 0 Å². The topological polar surface area (TPSA) is 87.4 Å². The SMILES string of the molecule is Oc1ccc(CC2CCCN2CCN2CCCC2Cc2ccc(O)c(O)c2)cc1O. The van der Waals surface area contributed by atoms with Crippen LogP contribution in [0.4, 0.5) is 0 Å². The van der Waals surface area contributed by atoms with Crippen LogP contribution in [0.15, 0.2) is 36.4 Å². The van der Waals surface area contributed by atoms with E-state index in [-0.39, 0.29) is 23.0 Å². The second-order valence-electron chi connectivity index (χ2n) is 8.72. The van der Waals surface area contributed by atoms with Crippen LogP contribution in [0.2, 0.25) is 0 Å². The lowest BCUT2D eigenvalue weighted by atomic mass is 10.0. The van der Waals surface area contributed by atoms with Crippen molar-refractivity contribution in [2.75, 3.05) is 26.2 Å². The van der Waals surface area contributed by atoms with E-state index in [9.17, 15) is 20.4 Å². The van der Waals surface area contributed by atoms with Crippen molar-refractivity contribution in [2.45, 2.75) is 50.6 Å². The summed E-state index contributed by atoms with van der Waals surface area (Å²) in [5.41, 5.74) is 2.13. The molecule has 6 nitrogen and oxygen atoms in total. The molecule has 2 fully saturated rings. The fourth-order valence-electron chi connectivity index (χ4n) is 5.03. The number of aromatic hydroxyl groups is 4. The highest BCUT2D eigenvalue weighted by molar-refractivity contribution is 5.41. The summed E-state index contributed by atoms with van der Waals surface area (Å²) < 4.78 is 0. The maximum atomic E-state index is 9.77. The first-order valence-corrected chi connectivity index (χ1v) is 11.0. The zero-order valence-corrected chi connectivity index (χ0v) is 17.4. The zero-order valence-electron chi connectivity index (χ0n) is 17.4. The Morgan fingerprint density at radius 1 is 0.633 bits per heavy atom. The quantitative estimate of drug-likeness (QED) is 0.523. The van der Waals surface area contributed by atoms with Gasteiger partial charge in [0.1, 0.15) is 0 Å². The van der Waals surface area contributed by atoms with Crippen molar-refractivity contribution in [2.24, 2.45) is 0 Å². The number of hydrogen-bond acceptors (Lipinski definition) is 6. The smallest absolute Gasteiger partial charge is 0.157 e. The maximum Gasteiger partial charge on any atom is 0.157 e. The average Bonchev–Trinajstić information content (AvgIpc) is 3.35. The Kier molecular flexibility index (Phi) is 6.35. The van der Waals surface area contributed by atoms with Gasteiger partial charge in [0, 0.05) is 25.2 Å². The van der Waals surface area contributed by atoms with E-state index in [0.717, 1.165) is 63.0 Å². The molecule has 2 aliphatic rings. The summed E-state index contributed by atoms with van der Waals surface area (Å²) in [5, 5.41) is 38.6. The van der Waals surface area contributed by atoms with Gasteiger partial charge >= 0.3 is 0 Å². The van der Waals surface area contributed by atoms with Crippen LogP contribution in [-0.4, -0.2) is 68.5 Å². The fourth-order valence-corrected chi connectivity index (χ4v) is 5.03. The molecule has 0 radical (unpaired) electrons. The van der Waals surface area contributed by atoms with Crippen LogP contribution in [0.25, 0.3) is 0 Å². The maximum absolute atomic E-state index is 9.77. The Hall–Kier alpha value is -2.44. The lowest BCUT2D eigenvalue weighted by molar-refractivity contribution is 0.182. The van der Waals surface area contributed by atoms with Crippen LogP contribution < -0.4 is 0 Å². The highest BCUT2D eigenvalue weighted by atomic mass is 16.3.